The van der Waals surface area contributed by atoms with Gasteiger partial charge in [-0.15, -0.1) is 0 Å². The molecule has 0 spiro atoms. The van der Waals surface area contributed by atoms with Crippen molar-refractivity contribution in [3.05, 3.63) is 12.7 Å². The van der Waals surface area contributed by atoms with E-state index < -0.39 is 0 Å². The molecule has 74 valence electrons. The Hall–Kier alpha value is -0.900. The minimum atomic E-state index is 0.226. The molecule has 0 unspecified atom stereocenters. The van der Waals surface area contributed by atoms with Crippen LogP contribution in [0.3, 0.4) is 0 Å². The van der Waals surface area contributed by atoms with Gasteiger partial charge in [0.05, 0.1) is 0 Å². The summed E-state index contributed by atoms with van der Waals surface area (Å²) in [7, 11) is 0. The third-order valence-electron chi connectivity index (χ3n) is 1.91. The van der Waals surface area contributed by atoms with E-state index in [1.807, 2.05) is 4.68 Å². The minimum Gasteiger partial charge on any atom is -0.316 e. The summed E-state index contributed by atoms with van der Waals surface area (Å²) in [5.74, 6) is 0. The number of rotatable bonds is 5. The van der Waals surface area contributed by atoms with Gasteiger partial charge in [-0.05, 0) is 12.0 Å². The zero-order valence-corrected chi connectivity index (χ0v) is 8.62. The van der Waals surface area contributed by atoms with Gasteiger partial charge in [-0.1, -0.05) is 20.8 Å². The average Bonchev–Trinajstić information content (AvgIpc) is 2.52. The molecule has 0 amide bonds. The van der Waals surface area contributed by atoms with Gasteiger partial charge in [-0.3, -0.25) is 4.68 Å². The van der Waals surface area contributed by atoms with Crippen molar-refractivity contribution >= 4 is 0 Å². The number of aromatic nitrogens is 3. The Morgan fingerprint density at radius 3 is 2.77 bits per heavy atom. The molecule has 0 aromatic carbocycles. The smallest absolute Gasteiger partial charge is 0.137 e. The molecule has 1 N–H and O–H groups in total. The zero-order chi connectivity index (χ0) is 9.73. The minimum absolute atomic E-state index is 0.226. The Morgan fingerprint density at radius 1 is 1.46 bits per heavy atom. The van der Waals surface area contributed by atoms with Crippen molar-refractivity contribution in [2.45, 2.75) is 27.3 Å². The standard InChI is InChI=1S/C9H18N4/c1-4-10-5-9(2,3)6-13-8-11-7-12-13/h7-8,10H,4-6H2,1-3H3. The lowest BCUT2D eigenvalue weighted by atomic mass is 9.93. The predicted octanol–water partition coefficient (Wildman–Crippen LogP) is 0.914. The number of nitrogens with one attached hydrogen (secondary N) is 1. The van der Waals surface area contributed by atoms with Gasteiger partial charge in [-0.25, -0.2) is 4.98 Å². The van der Waals surface area contributed by atoms with Crippen LogP contribution in [-0.2, 0) is 6.54 Å². The van der Waals surface area contributed by atoms with E-state index in [4.69, 9.17) is 0 Å². The molecule has 4 nitrogen and oxygen atoms in total. The maximum Gasteiger partial charge on any atom is 0.137 e. The third-order valence-corrected chi connectivity index (χ3v) is 1.91. The highest BCUT2D eigenvalue weighted by molar-refractivity contribution is 4.72. The SMILES string of the molecule is CCNCC(C)(C)Cn1cncn1. The lowest BCUT2D eigenvalue weighted by molar-refractivity contribution is 0.278. The van der Waals surface area contributed by atoms with Gasteiger partial charge < -0.3 is 5.32 Å². The van der Waals surface area contributed by atoms with Gasteiger partial charge in [-0.2, -0.15) is 5.10 Å². The van der Waals surface area contributed by atoms with Gasteiger partial charge >= 0.3 is 0 Å². The van der Waals surface area contributed by atoms with Crippen LogP contribution in [0.1, 0.15) is 20.8 Å². The van der Waals surface area contributed by atoms with Crippen LogP contribution < -0.4 is 5.32 Å². The van der Waals surface area contributed by atoms with Crippen molar-refractivity contribution in [1.29, 1.82) is 0 Å². The second kappa shape index (κ2) is 4.37. The van der Waals surface area contributed by atoms with Crippen molar-refractivity contribution in [2.75, 3.05) is 13.1 Å². The molecule has 0 radical (unpaired) electrons. The summed E-state index contributed by atoms with van der Waals surface area (Å²) < 4.78 is 1.87. The van der Waals surface area contributed by atoms with Crippen molar-refractivity contribution in [1.82, 2.24) is 20.1 Å². The Kier molecular flexibility index (Phi) is 3.42. The van der Waals surface area contributed by atoms with Crippen LogP contribution in [-0.4, -0.2) is 27.9 Å². The van der Waals surface area contributed by atoms with Gasteiger partial charge in [0.2, 0.25) is 0 Å². The second-order valence-corrected chi connectivity index (χ2v) is 4.04. The van der Waals surface area contributed by atoms with Crippen molar-refractivity contribution in [3.63, 3.8) is 0 Å². The molecule has 0 bridgehead atoms. The maximum atomic E-state index is 4.09. The first-order valence-electron chi connectivity index (χ1n) is 4.67. The zero-order valence-electron chi connectivity index (χ0n) is 8.62. The molecule has 1 aromatic rings. The molecule has 1 aromatic heterocycles. The molecule has 0 fully saturated rings. The van der Waals surface area contributed by atoms with E-state index in [9.17, 15) is 0 Å². The first kappa shape index (κ1) is 10.2. The van der Waals surface area contributed by atoms with Crippen molar-refractivity contribution < 1.29 is 0 Å². The largest absolute Gasteiger partial charge is 0.316 e. The molecular weight excluding hydrogens is 164 g/mol. The lowest BCUT2D eigenvalue weighted by Gasteiger charge is -2.24. The second-order valence-electron chi connectivity index (χ2n) is 4.04. The fourth-order valence-corrected chi connectivity index (χ4v) is 1.27. The topological polar surface area (TPSA) is 42.7 Å². The van der Waals surface area contributed by atoms with Crippen LogP contribution in [0.15, 0.2) is 12.7 Å². The van der Waals surface area contributed by atoms with Crippen LogP contribution in [0.25, 0.3) is 0 Å². The lowest BCUT2D eigenvalue weighted by Crippen LogP contribution is -2.33. The van der Waals surface area contributed by atoms with E-state index in [-0.39, 0.29) is 5.41 Å². The summed E-state index contributed by atoms with van der Waals surface area (Å²) in [5.41, 5.74) is 0.226. The molecule has 0 aliphatic rings. The van der Waals surface area contributed by atoms with Crippen LogP contribution in [0, 0.1) is 5.41 Å². The number of nitrogens with zero attached hydrogens (tertiary/aromatic N) is 3. The number of hydrogen-bond acceptors (Lipinski definition) is 3. The summed E-state index contributed by atoms with van der Waals surface area (Å²) in [5, 5.41) is 7.43. The molecule has 1 rings (SSSR count). The van der Waals surface area contributed by atoms with E-state index in [0.29, 0.717) is 0 Å². The third kappa shape index (κ3) is 3.55. The molecule has 0 saturated heterocycles. The van der Waals surface area contributed by atoms with Crippen molar-refractivity contribution in [2.24, 2.45) is 5.41 Å². The van der Waals surface area contributed by atoms with Crippen LogP contribution in [0.5, 0.6) is 0 Å². The average molecular weight is 182 g/mol. The van der Waals surface area contributed by atoms with Gasteiger partial charge in [0.15, 0.2) is 0 Å². The van der Waals surface area contributed by atoms with Crippen LogP contribution in [0.2, 0.25) is 0 Å². The number of hydrogen-bond donors (Lipinski definition) is 1. The highest BCUT2D eigenvalue weighted by Crippen LogP contribution is 2.15. The summed E-state index contributed by atoms with van der Waals surface area (Å²) >= 11 is 0. The first-order chi connectivity index (χ1) is 6.14. The Bertz CT molecular complexity index is 228. The monoisotopic (exact) mass is 182 g/mol. The Morgan fingerprint density at radius 2 is 2.23 bits per heavy atom. The van der Waals surface area contributed by atoms with Gasteiger partial charge in [0.1, 0.15) is 12.7 Å². The normalized spacial score (nSPS) is 11.9. The van der Waals surface area contributed by atoms with Crippen molar-refractivity contribution in [3.8, 4) is 0 Å². The quantitative estimate of drug-likeness (QED) is 0.736. The molecule has 4 heteroatoms. The predicted molar refractivity (Wildman–Crippen MR) is 52.3 cm³/mol. The van der Waals surface area contributed by atoms with Gasteiger partial charge in [0, 0.05) is 13.1 Å². The molecule has 0 aliphatic heterocycles. The maximum absolute atomic E-state index is 4.09. The fraction of sp³-hybridized carbons (Fsp3) is 0.778. The summed E-state index contributed by atoms with van der Waals surface area (Å²) in [4.78, 5) is 3.92. The highest BCUT2D eigenvalue weighted by atomic mass is 15.3. The van der Waals surface area contributed by atoms with E-state index in [1.54, 1.807) is 12.7 Å². The molecule has 0 aliphatic carbocycles. The fourth-order valence-electron chi connectivity index (χ4n) is 1.27. The van der Waals surface area contributed by atoms with E-state index in [1.165, 1.54) is 0 Å². The molecule has 13 heavy (non-hydrogen) atoms. The Balaban J connectivity index is 2.42. The van der Waals surface area contributed by atoms with Gasteiger partial charge in [0.25, 0.3) is 0 Å². The van der Waals surface area contributed by atoms with Crippen LogP contribution >= 0.6 is 0 Å². The Labute approximate surface area is 79.4 Å². The molecule has 0 saturated carbocycles. The molecule has 0 atom stereocenters. The van der Waals surface area contributed by atoms with Crippen LogP contribution in [0.4, 0.5) is 0 Å². The van der Waals surface area contributed by atoms with E-state index in [2.05, 4.69) is 36.2 Å². The van der Waals surface area contributed by atoms with E-state index in [0.717, 1.165) is 19.6 Å². The highest BCUT2D eigenvalue weighted by Gasteiger charge is 2.17. The molecular formula is C9H18N4. The summed E-state index contributed by atoms with van der Waals surface area (Å²) in [6, 6.07) is 0. The summed E-state index contributed by atoms with van der Waals surface area (Å²) in [6.07, 6.45) is 3.33. The summed E-state index contributed by atoms with van der Waals surface area (Å²) in [6.45, 7) is 9.48. The molecule has 1 heterocycles. The van der Waals surface area contributed by atoms with E-state index >= 15 is 0 Å². The first-order valence-corrected chi connectivity index (χ1v) is 4.67.